The number of urea groups is 1. The van der Waals surface area contributed by atoms with Crippen molar-refractivity contribution in [1.82, 2.24) is 25.0 Å². The van der Waals surface area contributed by atoms with E-state index in [-0.39, 0.29) is 12.1 Å². The first kappa shape index (κ1) is 17.0. The number of nitrogens with one attached hydrogen (secondary N) is 1. The van der Waals surface area contributed by atoms with Gasteiger partial charge in [0, 0.05) is 37.4 Å². The topological polar surface area (TPSA) is 63.1 Å². The van der Waals surface area contributed by atoms with E-state index >= 15 is 0 Å². The molecule has 1 saturated heterocycles. The number of thiazole rings is 1. The van der Waals surface area contributed by atoms with Gasteiger partial charge in [0.2, 0.25) is 0 Å². The van der Waals surface area contributed by atoms with Crippen molar-refractivity contribution in [3.63, 3.8) is 0 Å². The largest absolute Gasteiger partial charge is 0.329 e. The molecule has 1 aliphatic heterocycles. The van der Waals surface area contributed by atoms with Crippen molar-refractivity contribution < 1.29 is 4.79 Å². The highest BCUT2D eigenvalue weighted by molar-refractivity contribution is 7.09. The van der Waals surface area contributed by atoms with Crippen LogP contribution in [0.2, 0.25) is 0 Å². The van der Waals surface area contributed by atoms with Crippen molar-refractivity contribution in [3.8, 4) is 0 Å². The van der Waals surface area contributed by atoms with Crippen LogP contribution in [0.25, 0.3) is 0 Å². The van der Waals surface area contributed by atoms with Gasteiger partial charge in [-0.25, -0.2) is 9.78 Å². The van der Waals surface area contributed by atoms with Gasteiger partial charge in [0.05, 0.1) is 12.2 Å². The normalized spacial score (nSPS) is 18.8. The SMILES string of the molecule is CC[C@H](NC(=O)N1CC[C@@H](Cc2cnn(C)c2)C1)c1nc(C)cs1. The van der Waals surface area contributed by atoms with Crippen LogP contribution in [0.5, 0.6) is 0 Å². The van der Waals surface area contributed by atoms with Gasteiger partial charge in [-0.05, 0) is 37.7 Å². The first-order valence-electron chi connectivity index (χ1n) is 8.50. The summed E-state index contributed by atoms with van der Waals surface area (Å²) in [6, 6.07) is 0.0389. The fourth-order valence-electron chi connectivity index (χ4n) is 3.21. The predicted molar refractivity (Wildman–Crippen MR) is 95.0 cm³/mol. The van der Waals surface area contributed by atoms with Crippen molar-refractivity contribution in [2.45, 2.75) is 39.2 Å². The fraction of sp³-hybridized carbons (Fsp3) is 0.588. The summed E-state index contributed by atoms with van der Waals surface area (Å²) in [5, 5.41) is 10.4. The number of nitrogens with zero attached hydrogens (tertiary/aromatic N) is 4. The molecule has 1 fully saturated rings. The van der Waals surface area contributed by atoms with Crippen LogP contribution < -0.4 is 5.32 Å². The Morgan fingerprint density at radius 2 is 2.38 bits per heavy atom. The van der Waals surface area contributed by atoms with Gasteiger partial charge in [0.25, 0.3) is 0 Å². The lowest BCUT2D eigenvalue weighted by atomic mass is 10.0. The van der Waals surface area contributed by atoms with E-state index in [0.29, 0.717) is 5.92 Å². The third kappa shape index (κ3) is 3.95. The van der Waals surface area contributed by atoms with Crippen molar-refractivity contribution >= 4 is 17.4 Å². The summed E-state index contributed by atoms with van der Waals surface area (Å²) < 4.78 is 1.83. The van der Waals surface area contributed by atoms with E-state index in [1.54, 1.807) is 11.3 Å². The maximum atomic E-state index is 12.6. The summed E-state index contributed by atoms with van der Waals surface area (Å²) >= 11 is 1.62. The predicted octanol–water partition coefficient (Wildman–Crippen LogP) is 2.91. The van der Waals surface area contributed by atoms with Crippen LogP contribution in [0.15, 0.2) is 17.8 Å². The zero-order chi connectivity index (χ0) is 17.1. The Morgan fingerprint density at radius 1 is 1.54 bits per heavy atom. The summed E-state index contributed by atoms with van der Waals surface area (Å²) in [6.45, 7) is 5.70. The molecule has 24 heavy (non-hydrogen) atoms. The zero-order valence-electron chi connectivity index (χ0n) is 14.5. The Balaban J connectivity index is 1.54. The Hall–Kier alpha value is -1.89. The van der Waals surface area contributed by atoms with Crippen molar-refractivity contribution in [3.05, 3.63) is 34.0 Å². The number of aromatic nitrogens is 3. The molecule has 0 unspecified atom stereocenters. The number of aryl methyl sites for hydroxylation is 2. The third-order valence-corrected chi connectivity index (χ3v) is 5.57. The molecule has 1 N–H and O–H groups in total. The molecule has 2 atom stereocenters. The Morgan fingerprint density at radius 3 is 3.00 bits per heavy atom. The second-order valence-electron chi connectivity index (χ2n) is 6.56. The van der Waals surface area contributed by atoms with E-state index in [1.165, 1.54) is 5.56 Å². The summed E-state index contributed by atoms with van der Waals surface area (Å²) in [5.74, 6) is 0.516. The van der Waals surface area contributed by atoms with Crippen LogP contribution in [0.4, 0.5) is 4.79 Å². The Labute approximate surface area is 146 Å². The van der Waals surface area contributed by atoms with E-state index < -0.39 is 0 Å². The molecule has 6 nitrogen and oxygen atoms in total. The van der Waals surface area contributed by atoms with E-state index in [9.17, 15) is 4.79 Å². The standard InChI is InChI=1S/C17H25N5OS/c1-4-15(16-19-12(2)11-24-16)20-17(23)22-6-5-13(10-22)7-14-8-18-21(3)9-14/h8-9,11,13,15H,4-7,10H2,1-3H3,(H,20,23)/t13-,15-/m0/s1. The quantitative estimate of drug-likeness (QED) is 0.904. The molecule has 2 aromatic rings. The molecule has 2 aromatic heterocycles. The maximum absolute atomic E-state index is 12.6. The summed E-state index contributed by atoms with van der Waals surface area (Å²) in [4.78, 5) is 19.0. The number of carbonyl (C=O) groups excluding carboxylic acids is 1. The second kappa shape index (κ2) is 7.34. The maximum Gasteiger partial charge on any atom is 0.317 e. The lowest BCUT2D eigenvalue weighted by molar-refractivity contribution is 0.202. The van der Waals surface area contributed by atoms with Gasteiger partial charge >= 0.3 is 6.03 Å². The highest BCUT2D eigenvalue weighted by Gasteiger charge is 2.28. The first-order valence-corrected chi connectivity index (χ1v) is 9.38. The van der Waals surface area contributed by atoms with Gasteiger partial charge in [-0.15, -0.1) is 11.3 Å². The van der Waals surface area contributed by atoms with Crippen LogP contribution in [-0.4, -0.2) is 38.8 Å². The molecule has 0 radical (unpaired) electrons. The van der Waals surface area contributed by atoms with Crippen molar-refractivity contribution in [2.75, 3.05) is 13.1 Å². The monoisotopic (exact) mass is 347 g/mol. The van der Waals surface area contributed by atoms with Gasteiger partial charge in [0.1, 0.15) is 5.01 Å². The fourth-order valence-corrected chi connectivity index (χ4v) is 4.14. The van der Waals surface area contributed by atoms with E-state index in [4.69, 9.17) is 0 Å². The molecule has 1 aliphatic rings. The Kier molecular flexibility index (Phi) is 5.18. The molecule has 3 rings (SSSR count). The number of rotatable bonds is 5. The molecule has 0 saturated carbocycles. The Bertz CT molecular complexity index is 695. The average Bonchev–Trinajstić information content (AvgIpc) is 3.27. The van der Waals surface area contributed by atoms with Crippen LogP contribution in [0, 0.1) is 12.8 Å². The molecule has 0 spiro atoms. The van der Waals surface area contributed by atoms with Gasteiger partial charge in [0.15, 0.2) is 0 Å². The smallest absolute Gasteiger partial charge is 0.317 e. The molecular weight excluding hydrogens is 322 g/mol. The van der Waals surface area contributed by atoms with Crippen molar-refractivity contribution in [2.24, 2.45) is 13.0 Å². The lowest BCUT2D eigenvalue weighted by Crippen LogP contribution is -2.40. The number of hydrogen-bond acceptors (Lipinski definition) is 4. The summed E-state index contributed by atoms with van der Waals surface area (Å²) in [6.07, 6.45) is 6.86. The number of likely N-dealkylation sites (tertiary alicyclic amines) is 1. The number of amides is 2. The highest BCUT2D eigenvalue weighted by atomic mass is 32.1. The van der Waals surface area contributed by atoms with Gasteiger partial charge in [-0.3, -0.25) is 4.68 Å². The van der Waals surface area contributed by atoms with Crippen LogP contribution in [-0.2, 0) is 13.5 Å². The van der Waals surface area contributed by atoms with E-state index in [0.717, 1.165) is 43.1 Å². The van der Waals surface area contributed by atoms with Crippen LogP contribution in [0.1, 0.15) is 42.1 Å². The molecule has 3 heterocycles. The van der Waals surface area contributed by atoms with Gasteiger partial charge in [-0.2, -0.15) is 5.10 Å². The van der Waals surface area contributed by atoms with Crippen LogP contribution >= 0.6 is 11.3 Å². The van der Waals surface area contributed by atoms with E-state index in [2.05, 4.69) is 28.5 Å². The highest BCUT2D eigenvalue weighted by Crippen LogP contribution is 2.24. The van der Waals surface area contributed by atoms with Gasteiger partial charge in [-0.1, -0.05) is 6.92 Å². The third-order valence-electron chi connectivity index (χ3n) is 4.50. The van der Waals surface area contributed by atoms with Crippen molar-refractivity contribution in [1.29, 1.82) is 0 Å². The average molecular weight is 347 g/mol. The first-order chi connectivity index (χ1) is 11.5. The minimum Gasteiger partial charge on any atom is -0.329 e. The number of carbonyl (C=O) groups is 1. The lowest BCUT2D eigenvalue weighted by Gasteiger charge is -2.21. The van der Waals surface area contributed by atoms with Crippen LogP contribution in [0.3, 0.4) is 0 Å². The minimum atomic E-state index is 0.00794. The molecule has 0 aliphatic carbocycles. The van der Waals surface area contributed by atoms with E-state index in [1.807, 2.05) is 35.1 Å². The summed E-state index contributed by atoms with van der Waals surface area (Å²) in [7, 11) is 1.93. The second-order valence-corrected chi connectivity index (χ2v) is 7.45. The molecule has 2 amide bonds. The molecule has 0 bridgehead atoms. The zero-order valence-corrected chi connectivity index (χ0v) is 15.3. The molecule has 130 valence electrons. The molecule has 7 heteroatoms. The summed E-state index contributed by atoms with van der Waals surface area (Å²) in [5.41, 5.74) is 2.26. The molecular formula is C17H25N5OS. The molecule has 0 aromatic carbocycles. The minimum absolute atomic E-state index is 0.00794. The van der Waals surface area contributed by atoms with Gasteiger partial charge < -0.3 is 10.2 Å². The number of hydrogen-bond donors (Lipinski definition) is 1.